The Balaban J connectivity index is 3.16. The van der Waals surface area contributed by atoms with E-state index in [1.807, 2.05) is 39.0 Å². The topological polar surface area (TPSA) is 52.3 Å². The van der Waals surface area contributed by atoms with E-state index in [0.29, 0.717) is 0 Å². The summed E-state index contributed by atoms with van der Waals surface area (Å²) >= 11 is 3.42. The first-order chi connectivity index (χ1) is 7.80. The fourth-order valence-electron chi connectivity index (χ4n) is 1.94. The Morgan fingerprint density at radius 3 is 2.53 bits per heavy atom. The van der Waals surface area contributed by atoms with Gasteiger partial charge in [0.1, 0.15) is 6.04 Å². The molecule has 0 heterocycles. The number of rotatable bonds is 3. The van der Waals surface area contributed by atoms with Crippen molar-refractivity contribution in [2.45, 2.75) is 32.2 Å². The number of carbonyl (C=O) groups is 1. The summed E-state index contributed by atoms with van der Waals surface area (Å²) in [5.74, 6) is -0.391. The zero-order valence-electron chi connectivity index (χ0n) is 10.6. The van der Waals surface area contributed by atoms with Gasteiger partial charge in [0.2, 0.25) is 0 Å². The van der Waals surface area contributed by atoms with Crippen LogP contribution in [0.25, 0.3) is 0 Å². The minimum atomic E-state index is -0.674. The minimum absolute atomic E-state index is 0.391. The van der Waals surface area contributed by atoms with Gasteiger partial charge >= 0.3 is 5.97 Å². The highest BCUT2D eigenvalue weighted by Crippen LogP contribution is 2.31. The normalized spacial score (nSPS) is 13.3. The van der Waals surface area contributed by atoms with Gasteiger partial charge < -0.3 is 10.5 Å². The SMILES string of the molecule is COC(=O)C(N)C(C)(C)c1ccc(Br)cc1C. The van der Waals surface area contributed by atoms with Crippen LogP contribution in [0.3, 0.4) is 0 Å². The van der Waals surface area contributed by atoms with Crippen molar-refractivity contribution in [1.82, 2.24) is 0 Å². The van der Waals surface area contributed by atoms with E-state index in [1.165, 1.54) is 7.11 Å². The molecule has 17 heavy (non-hydrogen) atoms. The molecule has 0 aliphatic heterocycles. The van der Waals surface area contributed by atoms with E-state index in [4.69, 9.17) is 10.5 Å². The summed E-state index contributed by atoms with van der Waals surface area (Å²) in [6.45, 7) is 5.90. The van der Waals surface area contributed by atoms with Crippen LogP contribution < -0.4 is 5.73 Å². The Labute approximate surface area is 110 Å². The molecule has 0 radical (unpaired) electrons. The lowest BCUT2D eigenvalue weighted by Gasteiger charge is -2.31. The standard InChI is InChI=1S/C13H18BrNO2/c1-8-7-9(14)5-6-10(8)13(2,3)11(15)12(16)17-4/h5-7,11H,15H2,1-4H3. The summed E-state index contributed by atoms with van der Waals surface area (Å²) in [5.41, 5.74) is 7.65. The van der Waals surface area contributed by atoms with Crippen LogP contribution in [0.2, 0.25) is 0 Å². The zero-order valence-corrected chi connectivity index (χ0v) is 12.2. The lowest BCUT2D eigenvalue weighted by molar-refractivity contribution is -0.143. The zero-order chi connectivity index (χ0) is 13.2. The van der Waals surface area contributed by atoms with E-state index in [-0.39, 0.29) is 0 Å². The molecule has 0 fully saturated rings. The van der Waals surface area contributed by atoms with Gasteiger partial charge in [0.05, 0.1) is 7.11 Å². The largest absolute Gasteiger partial charge is 0.468 e. The number of ether oxygens (including phenoxy) is 1. The number of esters is 1. The molecule has 0 spiro atoms. The monoisotopic (exact) mass is 299 g/mol. The maximum atomic E-state index is 11.6. The van der Waals surface area contributed by atoms with Gasteiger partial charge in [-0.2, -0.15) is 0 Å². The van der Waals surface area contributed by atoms with Crippen LogP contribution >= 0.6 is 15.9 Å². The van der Waals surface area contributed by atoms with Gasteiger partial charge in [-0.15, -0.1) is 0 Å². The smallest absolute Gasteiger partial charge is 0.323 e. The molecule has 0 aliphatic rings. The predicted octanol–water partition coefficient (Wildman–Crippen LogP) is 2.54. The highest BCUT2D eigenvalue weighted by atomic mass is 79.9. The van der Waals surface area contributed by atoms with Crippen LogP contribution in [0.15, 0.2) is 22.7 Å². The Bertz CT molecular complexity index is 429. The Kier molecular flexibility index (Phi) is 4.33. The van der Waals surface area contributed by atoms with Gasteiger partial charge in [0.25, 0.3) is 0 Å². The van der Waals surface area contributed by atoms with Gasteiger partial charge in [0, 0.05) is 9.89 Å². The molecule has 3 nitrogen and oxygen atoms in total. The molecule has 94 valence electrons. The number of hydrogen-bond acceptors (Lipinski definition) is 3. The lowest BCUT2D eigenvalue weighted by atomic mass is 9.76. The van der Waals surface area contributed by atoms with Crippen molar-refractivity contribution in [3.63, 3.8) is 0 Å². The molecule has 1 rings (SSSR count). The number of aryl methyl sites for hydroxylation is 1. The van der Waals surface area contributed by atoms with Crippen LogP contribution in [0, 0.1) is 6.92 Å². The Hall–Kier alpha value is -0.870. The van der Waals surface area contributed by atoms with Crippen molar-refractivity contribution in [3.8, 4) is 0 Å². The summed E-state index contributed by atoms with van der Waals surface area (Å²) in [7, 11) is 1.35. The molecule has 4 heteroatoms. The first-order valence-corrected chi connectivity index (χ1v) is 6.20. The minimum Gasteiger partial charge on any atom is -0.468 e. The second-order valence-corrected chi connectivity index (χ2v) is 5.60. The van der Waals surface area contributed by atoms with Crippen molar-refractivity contribution >= 4 is 21.9 Å². The van der Waals surface area contributed by atoms with E-state index >= 15 is 0 Å². The third-order valence-corrected chi connectivity index (χ3v) is 3.61. The van der Waals surface area contributed by atoms with Gasteiger partial charge in [0.15, 0.2) is 0 Å². The number of carbonyl (C=O) groups excluding carboxylic acids is 1. The van der Waals surface area contributed by atoms with Crippen molar-refractivity contribution in [3.05, 3.63) is 33.8 Å². The maximum Gasteiger partial charge on any atom is 0.323 e. The highest BCUT2D eigenvalue weighted by molar-refractivity contribution is 9.10. The van der Waals surface area contributed by atoms with E-state index in [2.05, 4.69) is 15.9 Å². The van der Waals surface area contributed by atoms with E-state index < -0.39 is 17.4 Å². The van der Waals surface area contributed by atoms with Gasteiger partial charge in [-0.05, 0) is 30.2 Å². The molecule has 1 unspecified atom stereocenters. The number of hydrogen-bond donors (Lipinski definition) is 1. The molecule has 1 atom stereocenters. The molecular formula is C13H18BrNO2. The molecule has 0 saturated carbocycles. The predicted molar refractivity (Wildman–Crippen MR) is 71.9 cm³/mol. The summed E-state index contributed by atoms with van der Waals surface area (Å²) in [6, 6.07) is 5.28. The van der Waals surface area contributed by atoms with E-state index in [1.54, 1.807) is 0 Å². The summed E-state index contributed by atoms with van der Waals surface area (Å²) in [5, 5.41) is 0. The third-order valence-electron chi connectivity index (χ3n) is 3.12. The third kappa shape index (κ3) is 2.87. The second kappa shape index (κ2) is 5.19. The summed E-state index contributed by atoms with van der Waals surface area (Å²) in [4.78, 5) is 11.6. The summed E-state index contributed by atoms with van der Waals surface area (Å²) in [6.07, 6.45) is 0. The molecule has 0 bridgehead atoms. The molecule has 1 aromatic carbocycles. The highest BCUT2D eigenvalue weighted by Gasteiger charge is 2.35. The molecular weight excluding hydrogens is 282 g/mol. The maximum absolute atomic E-state index is 11.6. The number of benzene rings is 1. The second-order valence-electron chi connectivity index (χ2n) is 4.68. The van der Waals surface area contributed by atoms with Crippen LogP contribution in [-0.2, 0) is 14.9 Å². The van der Waals surface area contributed by atoms with Crippen molar-refractivity contribution in [1.29, 1.82) is 0 Å². The molecule has 0 saturated heterocycles. The molecule has 0 amide bonds. The quantitative estimate of drug-likeness (QED) is 0.873. The number of methoxy groups -OCH3 is 1. The average Bonchev–Trinajstić information content (AvgIpc) is 2.26. The average molecular weight is 300 g/mol. The van der Waals surface area contributed by atoms with Gasteiger partial charge in [-0.25, -0.2) is 0 Å². The van der Waals surface area contributed by atoms with Crippen molar-refractivity contribution in [2.75, 3.05) is 7.11 Å². The van der Waals surface area contributed by atoms with Gasteiger partial charge in [-0.3, -0.25) is 4.79 Å². The Morgan fingerprint density at radius 2 is 2.06 bits per heavy atom. The molecule has 0 aliphatic carbocycles. The van der Waals surface area contributed by atoms with Crippen LogP contribution in [0.4, 0.5) is 0 Å². The number of halogens is 1. The van der Waals surface area contributed by atoms with Crippen molar-refractivity contribution in [2.24, 2.45) is 5.73 Å². The van der Waals surface area contributed by atoms with Crippen LogP contribution in [0.1, 0.15) is 25.0 Å². The van der Waals surface area contributed by atoms with E-state index in [9.17, 15) is 4.79 Å². The lowest BCUT2D eigenvalue weighted by Crippen LogP contribution is -2.47. The first kappa shape index (κ1) is 14.2. The van der Waals surface area contributed by atoms with Crippen LogP contribution in [-0.4, -0.2) is 19.1 Å². The number of nitrogens with two attached hydrogens (primary N) is 1. The first-order valence-electron chi connectivity index (χ1n) is 5.40. The van der Waals surface area contributed by atoms with Crippen molar-refractivity contribution < 1.29 is 9.53 Å². The molecule has 0 aromatic heterocycles. The molecule has 1 aromatic rings. The van der Waals surface area contributed by atoms with E-state index in [0.717, 1.165) is 15.6 Å². The van der Waals surface area contributed by atoms with Crippen LogP contribution in [0.5, 0.6) is 0 Å². The summed E-state index contributed by atoms with van der Waals surface area (Å²) < 4.78 is 5.73. The Morgan fingerprint density at radius 1 is 1.47 bits per heavy atom. The fraction of sp³-hybridized carbons (Fsp3) is 0.462. The van der Waals surface area contributed by atoms with Gasteiger partial charge in [-0.1, -0.05) is 35.8 Å². The molecule has 2 N–H and O–H groups in total. The fourth-order valence-corrected chi connectivity index (χ4v) is 2.41.